The highest BCUT2D eigenvalue weighted by atomic mass is 35.5. The first-order valence-corrected chi connectivity index (χ1v) is 11.0. The van der Waals surface area contributed by atoms with Crippen molar-refractivity contribution >= 4 is 17.5 Å². The number of nitrogens with zero attached hydrogens (tertiary/aromatic N) is 5. The monoisotopic (exact) mass is 458 g/mol. The molecule has 1 fully saturated rings. The Balaban J connectivity index is 1.58. The number of hydrogen-bond donors (Lipinski definition) is 1. The fourth-order valence-electron chi connectivity index (χ4n) is 3.73. The Morgan fingerprint density at radius 3 is 2.62 bits per heavy atom. The number of halogens is 1. The standard InChI is InChI=1S/C21H23ClN6O4/c1-2-27-20(30)18(25-28(21(27)31)15-9-7-13(22)8-10-15)19-24-17(32-26-19)12-11-16(29)23-14-5-3-4-6-14/h7-10,14H,2-6,11-12H2,1H3,(H,23,29). The molecule has 10 nitrogen and oxygen atoms in total. The van der Waals surface area contributed by atoms with Gasteiger partial charge in [0.1, 0.15) is 0 Å². The van der Waals surface area contributed by atoms with Crippen LogP contribution in [0.1, 0.15) is 44.9 Å². The lowest BCUT2D eigenvalue weighted by atomic mass is 10.2. The van der Waals surface area contributed by atoms with Gasteiger partial charge in [-0.3, -0.25) is 14.2 Å². The van der Waals surface area contributed by atoms with E-state index in [1.165, 1.54) is 0 Å². The molecular weight excluding hydrogens is 436 g/mol. The van der Waals surface area contributed by atoms with Crippen molar-refractivity contribution in [3.63, 3.8) is 0 Å². The van der Waals surface area contributed by atoms with E-state index in [2.05, 4.69) is 20.6 Å². The average molecular weight is 459 g/mol. The normalized spacial score (nSPS) is 14.1. The Labute approximate surface area is 188 Å². The van der Waals surface area contributed by atoms with E-state index in [1.54, 1.807) is 31.2 Å². The lowest BCUT2D eigenvalue weighted by Gasteiger charge is -2.10. The van der Waals surface area contributed by atoms with Crippen LogP contribution >= 0.6 is 11.6 Å². The lowest BCUT2D eigenvalue weighted by molar-refractivity contribution is -0.121. The van der Waals surface area contributed by atoms with Gasteiger partial charge in [0.15, 0.2) is 5.69 Å². The van der Waals surface area contributed by atoms with Gasteiger partial charge in [0, 0.05) is 30.5 Å². The second-order valence-corrected chi connectivity index (χ2v) is 8.07. The molecule has 1 aromatic carbocycles. The van der Waals surface area contributed by atoms with Gasteiger partial charge in [-0.2, -0.15) is 14.8 Å². The van der Waals surface area contributed by atoms with Crippen molar-refractivity contribution < 1.29 is 9.32 Å². The number of hydrogen-bond acceptors (Lipinski definition) is 7. The second kappa shape index (κ2) is 9.47. The molecule has 1 amide bonds. The van der Waals surface area contributed by atoms with Gasteiger partial charge >= 0.3 is 5.69 Å². The van der Waals surface area contributed by atoms with Crippen LogP contribution in [0, 0.1) is 0 Å². The fourth-order valence-corrected chi connectivity index (χ4v) is 3.85. The van der Waals surface area contributed by atoms with E-state index < -0.39 is 11.2 Å². The van der Waals surface area contributed by atoms with Gasteiger partial charge in [0.2, 0.25) is 17.6 Å². The molecule has 3 aromatic rings. The highest BCUT2D eigenvalue weighted by Crippen LogP contribution is 2.18. The molecule has 2 aromatic heterocycles. The first kappa shape index (κ1) is 21.9. The molecule has 1 aliphatic carbocycles. The zero-order valence-electron chi connectivity index (χ0n) is 17.6. The molecule has 168 valence electrons. The van der Waals surface area contributed by atoms with Crippen LogP contribution in [0.3, 0.4) is 0 Å². The Kier molecular flexibility index (Phi) is 6.50. The number of aromatic nitrogens is 5. The summed E-state index contributed by atoms with van der Waals surface area (Å²) in [5.41, 5.74) is -0.883. The molecule has 4 rings (SSSR count). The van der Waals surface area contributed by atoms with E-state index in [-0.39, 0.29) is 48.7 Å². The van der Waals surface area contributed by atoms with E-state index in [9.17, 15) is 14.4 Å². The summed E-state index contributed by atoms with van der Waals surface area (Å²) in [6.07, 6.45) is 4.74. The average Bonchev–Trinajstić information content (AvgIpc) is 3.46. The van der Waals surface area contributed by atoms with E-state index in [0.29, 0.717) is 10.7 Å². The van der Waals surface area contributed by atoms with Crippen molar-refractivity contribution in [3.05, 3.63) is 56.0 Å². The van der Waals surface area contributed by atoms with Crippen LogP contribution in [0.2, 0.25) is 5.02 Å². The summed E-state index contributed by atoms with van der Waals surface area (Å²) in [6.45, 7) is 1.83. The molecule has 0 saturated heterocycles. The van der Waals surface area contributed by atoms with E-state index in [4.69, 9.17) is 16.1 Å². The van der Waals surface area contributed by atoms with Crippen LogP contribution in [-0.4, -0.2) is 36.4 Å². The van der Waals surface area contributed by atoms with Gasteiger partial charge in [0.25, 0.3) is 5.56 Å². The molecule has 0 radical (unpaired) electrons. The number of nitrogens with one attached hydrogen (secondary N) is 1. The number of aryl methyl sites for hydroxylation is 1. The molecular formula is C21H23ClN6O4. The SMILES string of the molecule is CCn1c(=O)c(-c2noc(CCC(=O)NC3CCCC3)n2)nn(-c2ccc(Cl)cc2)c1=O. The quantitative estimate of drug-likeness (QED) is 0.574. The van der Waals surface area contributed by atoms with Gasteiger partial charge < -0.3 is 9.84 Å². The van der Waals surface area contributed by atoms with Crippen molar-refractivity contribution in [2.45, 2.75) is 58.0 Å². The molecule has 1 N–H and O–H groups in total. The number of amides is 1. The summed E-state index contributed by atoms with van der Waals surface area (Å²) >= 11 is 5.93. The van der Waals surface area contributed by atoms with E-state index in [0.717, 1.165) is 34.9 Å². The van der Waals surface area contributed by atoms with Crippen LogP contribution < -0.4 is 16.6 Å². The first-order chi connectivity index (χ1) is 15.5. The predicted octanol–water partition coefficient (Wildman–Crippen LogP) is 2.11. The third-order valence-electron chi connectivity index (χ3n) is 5.41. The number of rotatable bonds is 7. The highest BCUT2D eigenvalue weighted by molar-refractivity contribution is 6.30. The number of carbonyl (C=O) groups is 1. The summed E-state index contributed by atoms with van der Waals surface area (Å²) in [5, 5.41) is 11.6. The van der Waals surface area contributed by atoms with Crippen LogP contribution in [0.15, 0.2) is 38.4 Å². The van der Waals surface area contributed by atoms with Crippen molar-refractivity contribution in [2.75, 3.05) is 0 Å². The highest BCUT2D eigenvalue weighted by Gasteiger charge is 2.21. The third-order valence-corrected chi connectivity index (χ3v) is 5.67. The van der Waals surface area contributed by atoms with Gasteiger partial charge in [-0.1, -0.05) is 29.6 Å². The molecule has 0 atom stereocenters. The maximum absolute atomic E-state index is 12.8. The van der Waals surface area contributed by atoms with Crippen molar-refractivity contribution in [1.29, 1.82) is 0 Å². The molecule has 32 heavy (non-hydrogen) atoms. The second-order valence-electron chi connectivity index (χ2n) is 7.63. The molecule has 11 heteroatoms. The molecule has 1 saturated carbocycles. The molecule has 1 aliphatic rings. The maximum atomic E-state index is 12.8. The van der Waals surface area contributed by atoms with Crippen molar-refractivity contribution in [3.8, 4) is 17.2 Å². The molecule has 0 spiro atoms. The molecule has 0 aliphatic heterocycles. The van der Waals surface area contributed by atoms with Gasteiger partial charge in [-0.15, -0.1) is 0 Å². The van der Waals surface area contributed by atoms with Crippen molar-refractivity contribution in [2.24, 2.45) is 0 Å². The van der Waals surface area contributed by atoms with Gasteiger partial charge in [-0.05, 0) is 44.0 Å². The summed E-state index contributed by atoms with van der Waals surface area (Å²) < 4.78 is 7.37. The van der Waals surface area contributed by atoms with Crippen LogP contribution in [0.4, 0.5) is 0 Å². The first-order valence-electron chi connectivity index (χ1n) is 10.6. The summed E-state index contributed by atoms with van der Waals surface area (Å²) in [6, 6.07) is 6.72. The van der Waals surface area contributed by atoms with Crippen LogP contribution in [0.5, 0.6) is 0 Å². The van der Waals surface area contributed by atoms with Crippen molar-refractivity contribution in [1.82, 2.24) is 29.8 Å². The topological polar surface area (TPSA) is 125 Å². The third kappa shape index (κ3) is 4.64. The van der Waals surface area contributed by atoms with E-state index >= 15 is 0 Å². The Bertz CT molecular complexity index is 1220. The molecule has 0 bridgehead atoms. The fraction of sp³-hybridized carbons (Fsp3) is 0.429. The number of carbonyl (C=O) groups excluding carboxylic acids is 1. The summed E-state index contributed by atoms with van der Waals surface area (Å²) in [5.74, 6) is 0.112. The van der Waals surface area contributed by atoms with Gasteiger partial charge in [0.05, 0.1) is 5.69 Å². The largest absolute Gasteiger partial charge is 0.353 e. The minimum Gasteiger partial charge on any atom is -0.353 e. The van der Waals surface area contributed by atoms with Gasteiger partial charge in [-0.25, -0.2) is 4.79 Å². The maximum Gasteiger partial charge on any atom is 0.352 e. The predicted molar refractivity (Wildman–Crippen MR) is 117 cm³/mol. The van der Waals surface area contributed by atoms with E-state index in [1.807, 2.05) is 0 Å². The summed E-state index contributed by atoms with van der Waals surface area (Å²) in [7, 11) is 0. The lowest BCUT2D eigenvalue weighted by Crippen LogP contribution is -2.41. The number of benzene rings is 1. The zero-order chi connectivity index (χ0) is 22.7. The summed E-state index contributed by atoms with van der Waals surface area (Å²) in [4.78, 5) is 41.9. The molecule has 2 heterocycles. The van der Waals surface area contributed by atoms with Crippen LogP contribution in [0.25, 0.3) is 17.2 Å². The minimum absolute atomic E-state index is 0.0360. The zero-order valence-corrected chi connectivity index (χ0v) is 18.3. The smallest absolute Gasteiger partial charge is 0.352 e. The minimum atomic E-state index is -0.617. The Morgan fingerprint density at radius 1 is 1.22 bits per heavy atom. The van der Waals surface area contributed by atoms with Crippen LogP contribution in [-0.2, 0) is 17.8 Å². The molecule has 0 unspecified atom stereocenters. The Morgan fingerprint density at radius 2 is 1.94 bits per heavy atom. The Hall–Kier alpha value is -3.27.